The first kappa shape index (κ1) is 32.1. The monoisotopic (exact) mass is 530 g/mol. The summed E-state index contributed by atoms with van der Waals surface area (Å²) in [7, 11) is 0. The summed E-state index contributed by atoms with van der Waals surface area (Å²) in [5.41, 5.74) is -1.81. The van der Waals surface area contributed by atoms with Crippen molar-refractivity contribution in [2.75, 3.05) is 26.4 Å². The number of hydrogen-bond donors (Lipinski definition) is 4. The van der Waals surface area contributed by atoms with Crippen LogP contribution in [-0.4, -0.2) is 46.9 Å². The van der Waals surface area contributed by atoms with Gasteiger partial charge in [0, 0.05) is 13.2 Å². The van der Waals surface area contributed by atoms with Crippen molar-refractivity contribution in [3.8, 4) is 11.5 Å². The molecule has 2 rings (SSSR count). The van der Waals surface area contributed by atoms with Gasteiger partial charge >= 0.3 is 0 Å². The Hall–Kier alpha value is -2.12. The van der Waals surface area contributed by atoms with E-state index >= 15 is 0 Å². The first-order valence-corrected chi connectivity index (χ1v) is 14.5. The number of rotatable bonds is 21. The third-order valence-electron chi connectivity index (χ3n) is 7.42. The summed E-state index contributed by atoms with van der Waals surface area (Å²) in [6, 6.07) is 14.6. The summed E-state index contributed by atoms with van der Waals surface area (Å²) < 4.78 is 11.7. The molecule has 0 heterocycles. The predicted molar refractivity (Wildman–Crippen MR) is 153 cm³/mol. The summed E-state index contributed by atoms with van der Waals surface area (Å²) in [6.07, 6.45) is 12.7. The second-order valence-corrected chi connectivity index (χ2v) is 10.6. The van der Waals surface area contributed by atoms with Gasteiger partial charge in [-0.25, -0.2) is 0 Å². The maximum Gasteiger partial charge on any atom is 0.119 e. The van der Waals surface area contributed by atoms with E-state index in [1.165, 1.54) is 0 Å². The van der Waals surface area contributed by atoms with Gasteiger partial charge in [-0.15, -0.1) is 0 Å². The molecule has 0 amide bonds. The van der Waals surface area contributed by atoms with Gasteiger partial charge in [0.1, 0.15) is 22.7 Å². The molecule has 0 saturated heterocycles. The van der Waals surface area contributed by atoms with E-state index < -0.39 is 11.2 Å². The smallest absolute Gasteiger partial charge is 0.119 e. The summed E-state index contributed by atoms with van der Waals surface area (Å²) in [5, 5.41) is 40.4. The number of unbranched alkanes of at least 4 members (excludes halogenated alkanes) is 10. The number of aliphatic hydroxyl groups excluding tert-OH is 2. The summed E-state index contributed by atoms with van der Waals surface area (Å²) in [6.45, 7) is 5.10. The quantitative estimate of drug-likeness (QED) is 0.143. The van der Waals surface area contributed by atoms with Gasteiger partial charge < -0.3 is 29.9 Å². The minimum atomic E-state index is -1.52. The van der Waals surface area contributed by atoms with E-state index in [0.717, 1.165) is 88.5 Å². The van der Waals surface area contributed by atoms with Gasteiger partial charge in [-0.05, 0) is 74.9 Å². The average molecular weight is 531 g/mol. The highest BCUT2D eigenvalue weighted by molar-refractivity contribution is 5.37. The lowest BCUT2D eigenvalue weighted by Gasteiger charge is -2.39. The highest BCUT2D eigenvalue weighted by atomic mass is 16.5. The lowest BCUT2D eigenvalue weighted by Crippen LogP contribution is -2.45. The molecule has 4 N–H and O–H groups in total. The van der Waals surface area contributed by atoms with E-state index in [1.807, 2.05) is 24.3 Å². The van der Waals surface area contributed by atoms with Crippen LogP contribution in [0, 0.1) is 0 Å². The highest BCUT2D eigenvalue weighted by Crippen LogP contribution is 2.41. The molecule has 2 aromatic carbocycles. The fraction of sp³-hybridized carbons (Fsp3) is 0.625. The van der Waals surface area contributed by atoms with E-state index in [-0.39, 0.29) is 13.2 Å². The molecule has 0 aromatic heterocycles. The molecule has 0 saturated carbocycles. The molecule has 0 spiro atoms. The molecule has 2 atom stereocenters. The van der Waals surface area contributed by atoms with Crippen LogP contribution in [0.2, 0.25) is 0 Å². The van der Waals surface area contributed by atoms with E-state index in [4.69, 9.17) is 19.7 Å². The largest absolute Gasteiger partial charge is 0.494 e. The second-order valence-electron chi connectivity index (χ2n) is 10.6. The predicted octanol–water partition coefficient (Wildman–Crippen LogP) is 6.23. The van der Waals surface area contributed by atoms with Gasteiger partial charge in [0.25, 0.3) is 0 Å². The highest BCUT2D eigenvalue weighted by Gasteiger charge is 2.44. The molecule has 2 aromatic rings. The number of aliphatic hydroxyl groups is 4. The molecule has 38 heavy (non-hydrogen) atoms. The Bertz CT molecular complexity index is 787. The molecule has 0 radical (unpaired) electrons. The van der Waals surface area contributed by atoms with Gasteiger partial charge in [0.05, 0.1) is 13.2 Å². The fourth-order valence-corrected chi connectivity index (χ4v) is 4.54. The van der Waals surface area contributed by atoms with Gasteiger partial charge in [-0.2, -0.15) is 0 Å². The third kappa shape index (κ3) is 10.6. The Labute approximate surface area is 229 Å². The van der Waals surface area contributed by atoms with Crippen molar-refractivity contribution in [1.82, 2.24) is 0 Å². The molecule has 214 valence electrons. The Morgan fingerprint density at radius 2 is 0.763 bits per heavy atom. The van der Waals surface area contributed by atoms with Crippen molar-refractivity contribution in [2.45, 2.75) is 102 Å². The third-order valence-corrected chi connectivity index (χ3v) is 7.42. The number of benzene rings is 2. The molecule has 0 aliphatic heterocycles. The van der Waals surface area contributed by atoms with Crippen LogP contribution in [0.25, 0.3) is 0 Å². The summed E-state index contributed by atoms with van der Waals surface area (Å²) in [5.74, 6) is 1.49. The molecule has 0 aliphatic rings. The number of hydrogen-bond acceptors (Lipinski definition) is 6. The van der Waals surface area contributed by atoms with Crippen molar-refractivity contribution in [2.24, 2.45) is 0 Å². The molecule has 0 fully saturated rings. The van der Waals surface area contributed by atoms with E-state index in [1.54, 1.807) is 38.1 Å². The minimum Gasteiger partial charge on any atom is -0.494 e. The molecule has 2 unspecified atom stereocenters. The van der Waals surface area contributed by atoms with Gasteiger partial charge in [-0.3, -0.25) is 0 Å². The summed E-state index contributed by atoms with van der Waals surface area (Å²) >= 11 is 0. The van der Waals surface area contributed by atoms with Crippen LogP contribution in [0.3, 0.4) is 0 Å². The topological polar surface area (TPSA) is 99.4 Å². The van der Waals surface area contributed by atoms with Crippen molar-refractivity contribution in [1.29, 1.82) is 0 Å². The zero-order valence-electron chi connectivity index (χ0n) is 23.5. The zero-order valence-corrected chi connectivity index (χ0v) is 23.5. The first-order valence-electron chi connectivity index (χ1n) is 14.5. The molecule has 0 bridgehead atoms. The van der Waals surface area contributed by atoms with Gasteiger partial charge in [0.2, 0.25) is 0 Å². The number of ether oxygens (including phenoxy) is 2. The second kappa shape index (κ2) is 17.5. The molecule has 6 heteroatoms. The lowest BCUT2D eigenvalue weighted by molar-refractivity contribution is -0.143. The van der Waals surface area contributed by atoms with E-state index in [0.29, 0.717) is 24.3 Å². The Kier molecular flexibility index (Phi) is 14.8. The average Bonchev–Trinajstić information content (AvgIpc) is 2.92. The Morgan fingerprint density at radius 1 is 0.474 bits per heavy atom. The normalized spacial score (nSPS) is 14.6. The molecule has 6 nitrogen and oxygen atoms in total. The first-order chi connectivity index (χ1) is 18.3. The van der Waals surface area contributed by atoms with Crippen LogP contribution in [-0.2, 0) is 11.2 Å². The fourth-order valence-electron chi connectivity index (χ4n) is 4.54. The van der Waals surface area contributed by atoms with Crippen LogP contribution in [0.5, 0.6) is 11.5 Å². The minimum absolute atomic E-state index is 0.275. The molecular weight excluding hydrogens is 480 g/mol. The van der Waals surface area contributed by atoms with Crippen LogP contribution in [0.15, 0.2) is 48.5 Å². The Morgan fingerprint density at radius 3 is 1.08 bits per heavy atom. The summed E-state index contributed by atoms with van der Waals surface area (Å²) in [4.78, 5) is 0. The van der Waals surface area contributed by atoms with E-state index in [2.05, 4.69) is 0 Å². The van der Waals surface area contributed by atoms with Gasteiger partial charge in [0.15, 0.2) is 0 Å². The van der Waals surface area contributed by atoms with Crippen molar-refractivity contribution >= 4 is 0 Å². The van der Waals surface area contributed by atoms with Crippen molar-refractivity contribution in [3.63, 3.8) is 0 Å². The zero-order chi connectivity index (χ0) is 27.7. The Balaban J connectivity index is 1.81. The SMILES string of the molecule is CC(O)(c1ccc(OCCCCCCCCO)cc1)C(C)(O)c1ccc(OCCCCCCCCO)cc1. The van der Waals surface area contributed by atoms with Crippen LogP contribution >= 0.6 is 0 Å². The van der Waals surface area contributed by atoms with Crippen LogP contribution < -0.4 is 9.47 Å². The van der Waals surface area contributed by atoms with E-state index in [9.17, 15) is 10.2 Å². The lowest BCUT2D eigenvalue weighted by atomic mass is 9.76. The standard InChI is InChI=1S/C32H50O6/c1-31(35,27-15-19-29(20-16-27)37-25-13-9-5-3-7-11-23-33)32(2,36)28-17-21-30(22-18-28)38-26-14-10-6-4-8-12-24-34/h15-22,33-36H,3-14,23-26H2,1-2H3. The molecular formula is C32H50O6. The molecule has 0 aliphatic carbocycles. The van der Waals surface area contributed by atoms with Gasteiger partial charge in [-0.1, -0.05) is 75.6 Å². The maximum absolute atomic E-state index is 11.4. The van der Waals surface area contributed by atoms with Crippen molar-refractivity contribution < 1.29 is 29.9 Å². The maximum atomic E-state index is 11.4. The van der Waals surface area contributed by atoms with Crippen molar-refractivity contribution in [3.05, 3.63) is 59.7 Å². The van der Waals surface area contributed by atoms with Crippen LogP contribution in [0.1, 0.15) is 102 Å². The van der Waals surface area contributed by atoms with Crippen LogP contribution in [0.4, 0.5) is 0 Å².